The van der Waals surface area contributed by atoms with Crippen LogP contribution in [0, 0.1) is 0 Å². The lowest BCUT2D eigenvalue weighted by Gasteiger charge is -2.26. The average Bonchev–Trinajstić information content (AvgIpc) is 2.38. The number of ether oxygens (including phenoxy) is 1. The lowest BCUT2D eigenvalue weighted by Crippen LogP contribution is -2.44. The summed E-state index contributed by atoms with van der Waals surface area (Å²) >= 11 is 0. The Balaban J connectivity index is 2.38. The molecule has 0 bridgehead atoms. The van der Waals surface area contributed by atoms with Crippen molar-refractivity contribution in [2.24, 2.45) is 0 Å². The molecule has 5 heteroatoms. The minimum atomic E-state index is -1.03. The lowest BCUT2D eigenvalue weighted by molar-refractivity contribution is -0.144. The third kappa shape index (κ3) is 5.38. The van der Waals surface area contributed by atoms with E-state index >= 15 is 0 Å². The van der Waals surface area contributed by atoms with Gasteiger partial charge in [-0.25, -0.2) is 0 Å². The molecule has 0 aliphatic heterocycles. The number of carboxylic acid groups (broad SMARTS) is 1. The van der Waals surface area contributed by atoms with E-state index in [0.717, 1.165) is 5.56 Å². The van der Waals surface area contributed by atoms with E-state index in [1.165, 1.54) is 0 Å². The Morgan fingerprint density at radius 2 is 2.00 bits per heavy atom. The predicted octanol–water partition coefficient (Wildman–Crippen LogP) is 0.969. The van der Waals surface area contributed by atoms with E-state index in [9.17, 15) is 4.79 Å². The van der Waals surface area contributed by atoms with Crippen LogP contribution in [-0.2, 0) is 16.1 Å². The molecule has 0 heterocycles. The molecular formula is C14H21NO4. The van der Waals surface area contributed by atoms with Gasteiger partial charge in [0.15, 0.2) is 0 Å². The Bertz CT molecular complexity index is 382. The smallest absolute Gasteiger partial charge is 0.323 e. The summed E-state index contributed by atoms with van der Waals surface area (Å²) < 4.78 is 5.66. The van der Waals surface area contributed by atoms with Crippen LogP contribution in [0.5, 0.6) is 0 Å². The van der Waals surface area contributed by atoms with Gasteiger partial charge in [-0.05, 0) is 19.5 Å². The molecule has 5 nitrogen and oxygen atoms in total. The number of nitrogens with zero attached hydrogens (tertiary/aromatic N) is 1. The summed E-state index contributed by atoms with van der Waals surface area (Å²) in [5, 5.41) is 17.9. The molecule has 0 saturated heterocycles. The van der Waals surface area contributed by atoms with Gasteiger partial charge in [0, 0.05) is 6.54 Å². The van der Waals surface area contributed by atoms with Crippen molar-refractivity contribution in [3.8, 4) is 0 Å². The van der Waals surface area contributed by atoms with Crippen LogP contribution in [0.1, 0.15) is 12.5 Å². The van der Waals surface area contributed by atoms with Gasteiger partial charge in [0.25, 0.3) is 0 Å². The predicted molar refractivity (Wildman–Crippen MR) is 71.8 cm³/mol. The molecule has 0 aliphatic rings. The summed E-state index contributed by atoms with van der Waals surface area (Å²) in [7, 11) is 1.66. The van der Waals surface area contributed by atoms with E-state index in [1.807, 2.05) is 37.3 Å². The Hall–Kier alpha value is -1.43. The van der Waals surface area contributed by atoms with E-state index in [0.29, 0.717) is 13.2 Å². The molecule has 2 atom stereocenters. The SMILES string of the molecule is C[C@H](CN(C)[C@@H](CO)C(=O)O)OCc1ccccc1. The van der Waals surface area contributed by atoms with Gasteiger partial charge < -0.3 is 14.9 Å². The van der Waals surface area contributed by atoms with E-state index in [4.69, 9.17) is 14.9 Å². The highest BCUT2D eigenvalue weighted by Gasteiger charge is 2.22. The summed E-state index contributed by atoms with van der Waals surface area (Å²) in [5.74, 6) is -1.03. The zero-order chi connectivity index (χ0) is 14.3. The van der Waals surface area contributed by atoms with Crippen LogP contribution in [0.2, 0.25) is 0 Å². The molecule has 0 radical (unpaired) electrons. The van der Waals surface area contributed by atoms with Crippen LogP contribution in [-0.4, -0.2) is 53.4 Å². The van der Waals surface area contributed by atoms with Gasteiger partial charge in [-0.3, -0.25) is 9.69 Å². The molecule has 1 aromatic rings. The molecule has 0 amide bonds. The molecule has 0 aromatic heterocycles. The molecule has 0 fully saturated rings. The van der Waals surface area contributed by atoms with Crippen molar-refractivity contribution in [2.45, 2.75) is 25.7 Å². The van der Waals surface area contributed by atoms with Crippen molar-refractivity contribution >= 4 is 5.97 Å². The Kier molecular flexibility index (Phi) is 6.49. The maximum Gasteiger partial charge on any atom is 0.323 e. The second-order valence-corrected chi connectivity index (χ2v) is 4.58. The summed E-state index contributed by atoms with van der Waals surface area (Å²) in [6.45, 7) is 2.42. The van der Waals surface area contributed by atoms with Crippen LogP contribution in [0.3, 0.4) is 0 Å². The summed E-state index contributed by atoms with van der Waals surface area (Å²) in [6.07, 6.45) is -0.112. The van der Waals surface area contributed by atoms with Gasteiger partial charge in [-0.2, -0.15) is 0 Å². The van der Waals surface area contributed by atoms with Gasteiger partial charge >= 0.3 is 5.97 Å². The average molecular weight is 267 g/mol. The minimum absolute atomic E-state index is 0.112. The maximum absolute atomic E-state index is 10.9. The Morgan fingerprint density at radius 1 is 1.37 bits per heavy atom. The number of carbonyl (C=O) groups is 1. The fraction of sp³-hybridized carbons (Fsp3) is 0.500. The molecule has 2 N–H and O–H groups in total. The number of benzene rings is 1. The summed E-state index contributed by atoms with van der Waals surface area (Å²) in [5.41, 5.74) is 1.08. The quantitative estimate of drug-likeness (QED) is 0.734. The molecule has 0 saturated carbocycles. The molecule has 1 aromatic carbocycles. The molecule has 0 aliphatic carbocycles. The van der Waals surface area contributed by atoms with Crippen LogP contribution in [0.15, 0.2) is 30.3 Å². The highest BCUT2D eigenvalue weighted by atomic mass is 16.5. The number of rotatable bonds is 8. The van der Waals surface area contributed by atoms with Gasteiger partial charge in [0.1, 0.15) is 6.04 Å². The lowest BCUT2D eigenvalue weighted by atomic mass is 10.2. The number of likely N-dealkylation sites (N-methyl/N-ethyl adjacent to an activating group) is 1. The van der Waals surface area contributed by atoms with Gasteiger partial charge in [0.05, 0.1) is 19.3 Å². The van der Waals surface area contributed by atoms with Crippen molar-refractivity contribution in [2.75, 3.05) is 20.2 Å². The number of hydrogen-bond acceptors (Lipinski definition) is 4. The third-order valence-corrected chi connectivity index (χ3v) is 2.91. The number of aliphatic hydroxyl groups excluding tert-OH is 1. The van der Waals surface area contributed by atoms with Crippen molar-refractivity contribution in [1.29, 1.82) is 0 Å². The first kappa shape index (κ1) is 15.6. The number of aliphatic hydroxyl groups is 1. The van der Waals surface area contributed by atoms with Crippen molar-refractivity contribution in [3.05, 3.63) is 35.9 Å². The topological polar surface area (TPSA) is 70.0 Å². The van der Waals surface area contributed by atoms with Crippen LogP contribution >= 0.6 is 0 Å². The molecule has 106 valence electrons. The van der Waals surface area contributed by atoms with Crippen LogP contribution < -0.4 is 0 Å². The van der Waals surface area contributed by atoms with E-state index < -0.39 is 18.6 Å². The molecule has 1 rings (SSSR count). The van der Waals surface area contributed by atoms with Gasteiger partial charge in [-0.1, -0.05) is 30.3 Å². The fourth-order valence-electron chi connectivity index (χ4n) is 1.80. The monoisotopic (exact) mass is 267 g/mol. The minimum Gasteiger partial charge on any atom is -0.480 e. The highest BCUT2D eigenvalue weighted by molar-refractivity contribution is 5.73. The molecule has 0 unspecified atom stereocenters. The fourth-order valence-corrected chi connectivity index (χ4v) is 1.80. The Labute approximate surface area is 113 Å². The first-order valence-electron chi connectivity index (χ1n) is 6.24. The Morgan fingerprint density at radius 3 is 2.53 bits per heavy atom. The van der Waals surface area contributed by atoms with E-state index in [2.05, 4.69) is 0 Å². The second kappa shape index (κ2) is 7.89. The second-order valence-electron chi connectivity index (χ2n) is 4.58. The summed E-state index contributed by atoms with van der Waals surface area (Å²) in [4.78, 5) is 12.5. The van der Waals surface area contributed by atoms with Crippen molar-refractivity contribution in [1.82, 2.24) is 4.90 Å². The number of carboxylic acids is 1. The van der Waals surface area contributed by atoms with E-state index in [1.54, 1.807) is 11.9 Å². The molecule has 0 spiro atoms. The zero-order valence-electron chi connectivity index (χ0n) is 11.3. The van der Waals surface area contributed by atoms with Crippen molar-refractivity contribution < 1.29 is 19.7 Å². The largest absolute Gasteiger partial charge is 0.480 e. The van der Waals surface area contributed by atoms with Gasteiger partial charge in [0.2, 0.25) is 0 Å². The molecular weight excluding hydrogens is 246 g/mol. The first-order chi connectivity index (χ1) is 9.04. The van der Waals surface area contributed by atoms with Crippen LogP contribution in [0.25, 0.3) is 0 Å². The maximum atomic E-state index is 10.9. The summed E-state index contributed by atoms with van der Waals surface area (Å²) in [6, 6.07) is 8.90. The standard InChI is InChI=1S/C14H21NO4/c1-11(8-15(2)13(9-16)14(17)18)19-10-12-6-4-3-5-7-12/h3-7,11,13,16H,8-10H2,1-2H3,(H,17,18)/t11-,13+/m1/s1. The van der Waals surface area contributed by atoms with Crippen LogP contribution in [0.4, 0.5) is 0 Å². The molecule has 19 heavy (non-hydrogen) atoms. The zero-order valence-corrected chi connectivity index (χ0v) is 11.3. The normalized spacial score (nSPS) is 14.3. The number of aliphatic carboxylic acids is 1. The van der Waals surface area contributed by atoms with Crippen molar-refractivity contribution in [3.63, 3.8) is 0 Å². The highest BCUT2D eigenvalue weighted by Crippen LogP contribution is 2.05. The first-order valence-corrected chi connectivity index (χ1v) is 6.24. The van der Waals surface area contributed by atoms with Gasteiger partial charge in [-0.15, -0.1) is 0 Å². The third-order valence-electron chi connectivity index (χ3n) is 2.91. The number of hydrogen-bond donors (Lipinski definition) is 2. The van der Waals surface area contributed by atoms with E-state index in [-0.39, 0.29) is 6.10 Å².